The molecule has 0 saturated heterocycles. The number of carbonyl (C=O) groups excluding carboxylic acids is 2. The lowest BCUT2D eigenvalue weighted by Gasteiger charge is -2.08. The molecule has 0 aromatic carbocycles. The Balaban J connectivity index is 1.88. The fourth-order valence-corrected chi connectivity index (χ4v) is 2.37. The van der Waals surface area contributed by atoms with Crippen molar-refractivity contribution in [2.75, 3.05) is 5.32 Å². The quantitative estimate of drug-likeness (QED) is 0.800. The van der Waals surface area contributed by atoms with Crippen LogP contribution >= 0.6 is 11.3 Å². The van der Waals surface area contributed by atoms with E-state index < -0.39 is 0 Å². The van der Waals surface area contributed by atoms with Crippen molar-refractivity contribution in [3.8, 4) is 0 Å². The summed E-state index contributed by atoms with van der Waals surface area (Å²) >= 11 is 1.37. The molecular weight excluding hydrogens is 276 g/mol. The first-order valence-electron chi connectivity index (χ1n) is 6.11. The van der Waals surface area contributed by atoms with Crippen LogP contribution in [0.4, 0.5) is 5.69 Å². The third kappa shape index (κ3) is 3.72. The van der Waals surface area contributed by atoms with Gasteiger partial charge in [0.15, 0.2) is 5.78 Å². The molecule has 0 saturated carbocycles. The molecule has 2 N–H and O–H groups in total. The van der Waals surface area contributed by atoms with Crippen LogP contribution in [0.1, 0.15) is 28.1 Å². The predicted octanol–water partition coefficient (Wildman–Crippen LogP) is 2.24. The van der Waals surface area contributed by atoms with E-state index in [2.05, 4.69) is 10.3 Å². The van der Waals surface area contributed by atoms with Crippen molar-refractivity contribution >= 4 is 28.7 Å². The molecule has 2 rings (SSSR count). The normalized spacial score (nSPS) is 10.2. The van der Waals surface area contributed by atoms with E-state index in [9.17, 15) is 9.59 Å². The second-order valence-electron chi connectivity index (χ2n) is 4.14. The zero-order valence-electron chi connectivity index (χ0n) is 10.7. The molecule has 5 nitrogen and oxygen atoms in total. The van der Waals surface area contributed by atoms with E-state index in [1.54, 1.807) is 24.4 Å². The molecule has 6 heteroatoms. The summed E-state index contributed by atoms with van der Waals surface area (Å²) in [7, 11) is 0. The van der Waals surface area contributed by atoms with E-state index in [1.165, 1.54) is 17.5 Å². The Morgan fingerprint density at radius 3 is 2.85 bits per heavy atom. The van der Waals surface area contributed by atoms with Gasteiger partial charge in [0, 0.05) is 24.6 Å². The third-order valence-electron chi connectivity index (χ3n) is 2.73. The number of pyridine rings is 1. The van der Waals surface area contributed by atoms with Gasteiger partial charge >= 0.3 is 0 Å². The number of nitrogens with zero attached hydrogens (tertiary/aromatic N) is 1. The number of ketones is 1. The average Bonchev–Trinajstić information content (AvgIpc) is 2.99. The summed E-state index contributed by atoms with van der Waals surface area (Å²) in [6.07, 6.45) is 3.30. The summed E-state index contributed by atoms with van der Waals surface area (Å²) in [5.41, 5.74) is 1.07. The van der Waals surface area contributed by atoms with Crippen molar-refractivity contribution in [2.45, 2.75) is 19.4 Å². The van der Waals surface area contributed by atoms with Crippen LogP contribution in [0.15, 0.2) is 36.0 Å². The lowest BCUT2D eigenvalue weighted by Crippen LogP contribution is -2.14. The zero-order chi connectivity index (χ0) is 14.4. The summed E-state index contributed by atoms with van der Waals surface area (Å²) in [6.45, 7) is -0.174. The molecule has 2 aromatic rings. The Hall–Kier alpha value is -2.05. The number of Topliss-reactive ketones (excluding diaryl/α,β-unsaturated/α-hetero) is 1. The zero-order valence-corrected chi connectivity index (χ0v) is 11.5. The maximum atomic E-state index is 11.8. The number of hydrogen-bond acceptors (Lipinski definition) is 5. The summed E-state index contributed by atoms with van der Waals surface area (Å²) in [6, 6.07) is 5.18. The molecule has 0 unspecified atom stereocenters. The van der Waals surface area contributed by atoms with Gasteiger partial charge < -0.3 is 10.4 Å². The molecule has 2 aromatic heterocycles. The molecule has 0 radical (unpaired) electrons. The van der Waals surface area contributed by atoms with Gasteiger partial charge in [0.1, 0.15) is 0 Å². The van der Waals surface area contributed by atoms with Crippen LogP contribution in [-0.2, 0) is 11.4 Å². The van der Waals surface area contributed by atoms with E-state index >= 15 is 0 Å². The van der Waals surface area contributed by atoms with Crippen LogP contribution in [0.3, 0.4) is 0 Å². The Labute approximate surface area is 120 Å². The minimum Gasteiger partial charge on any atom is -0.392 e. The van der Waals surface area contributed by atoms with Crippen molar-refractivity contribution in [1.82, 2.24) is 4.98 Å². The Morgan fingerprint density at radius 2 is 2.15 bits per heavy atom. The minimum atomic E-state index is -0.266. The fraction of sp³-hybridized carbons (Fsp3) is 0.214. The molecule has 0 fully saturated rings. The number of aliphatic hydroxyl groups excluding tert-OH is 1. The largest absolute Gasteiger partial charge is 0.392 e. The van der Waals surface area contributed by atoms with E-state index in [-0.39, 0.29) is 31.1 Å². The molecule has 0 aliphatic heterocycles. The van der Waals surface area contributed by atoms with Gasteiger partial charge in [-0.15, -0.1) is 11.3 Å². The summed E-state index contributed by atoms with van der Waals surface area (Å²) in [5, 5.41) is 13.6. The number of amides is 1. The lowest BCUT2D eigenvalue weighted by atomic mass is 10.2. The van der Waals surface area contributed by atoms with Gasteiger partial charge in [0.2, 0.25) is 5.91 Å². The molecule has 0 spiro atoms. The van der Waals surface area contributed by atoms with Gasteiger partial charge in [-0.05, 0) is 17.5 Å². The monoisotopic (exact) mass is 290 g/mol. The molecule has 0 aliphatic carbocycles. The molecule has 1 amide bonds. The second-order valence-corrected chi connectivity index (χ2v) is 5.09. The van der Waals surface area contributed by atoms with Gasteiger partial charge in [0.05, 0.1) is 23.4 Å². The average molecular weight is 290 g/mol. The number of hydrogen-bond donors (Lipinski definition) is 2. The number of rotatable bonds is 6. The second kappa shape index (κ2) is 6.93. The Morgan fingerprint density at radius 1 is 1.30 bits per heavy atom. The van der Waals surface area contributed by atoms with Gasteiger partial charge in [-0.1, -0.05) is 6.07 Å². The van der Waals surface area contributed by atoms with Crippen molar-refractivity contribution in [3.63, 3.8) is 0 Å². The van der Waals surface area contributed by atoms with Crippen molar-refractivity contribution < 1.29 is 14.7 Å². The van der Waals surface area contributed by atoms with E-state index in [4.69, 9.17) is 5.11 Å². The molecule has 0 atom stereocenters. The molecule has 2 heterocycles. The highest BCUT2D eigenvalue weighted by molar-refractivity contribution is 7.12. The van der Waals surface area contributed by atoms with Gasteiger partial charge in [-0.25, -0.2) is 0 Å². The Kier molecular flexibility index (Phi) is 4.97. The minimum absolute atomic E-state index is 0.0382. The van der Waals surface area contributed by atoms with E-state index in [0.717, 1.165) is 0 Å². The number of carbonyl (C=O) groups is 2. The maximum Gasteiger partial charge on any atom is 0.224 e. The molecule has 104 valence electrons. The summed E-state index contributed by atoms with van der Waals surface area (Å²) in [5.74, 6) is -0.304. The van der Waals surface area contributed by atoms with Crippen LogP contribution in [0.2, 0.25) is 0 Å². The molecule has 0 bridgehead atoms. The first-order valence-corrected chi connectivity index (χ1v) is 6.99. The van der Waals surface area contributed by atoms with Crippen LogP contribution in [0, 0.1) is 0 Å². The fourth-order valence-electron chi connectivity index (χ4n) is 1.67. The number of anilines is 1. The summed E-state index contributed by atoms with van der Waals surface area (Å²) < 4.78 is 0. The molecular formula is C14H14N2O3S. The van der Waals surface area contributed by atoms with Crippen LogP contribution in [0.25, 0.3) is 0 Å². The SMILES string of the molecule is O=C(CCC(=O)c1cccs1)Nc1cnccc1CO. The van der Waals surface area contributed by atoms with Gasteiger partial charge in [0.25, 0.3) is 0 Å². The topological polar surface area (TPSA) is 79.3 Å². The van der Waals surface area contributed by atoms with Crippen LogP contribution in [0.5, 0.6) is 0 Å². The number of thiophene rings is 1. The third-order valence-corrected chi connectivity index (χ3v) is 3.64. The predicted molar refractivity (Wildman–Crippen MR) is 76.7 cm³/mol. The van der Waals surface area contributed by atoms with Crippen molar-refractivity contribution in [3.05, 3.63) is 46.4 Å². The highest BCUT2D eigenvalue weighted by atomic mass is 32.1. The number of aliphatic hydroxyl groups is 1. The summed E-state index contributed by atoms with van der Waals surface area (Å²) in [4.78, 5) is 28.1. The Bertz CT molecular complexity index is 596. The number of nitrogens with one attached hydrogen (secondary N) is 1. The van der Waals surface area contributed by atoms with Crippen LogP contribution < -0.4 is 5.32 Å². The highest BCUT2D eigenvalue weighted by Gasteiger charge is 2.11. The number of aromatic nitrogens is 1. The van der Waals surface area contributed by atoms with E-state index in [1.807, 2.05) is 5.38 Å². The standard InChI is InChI=1S/C14H14N2O3S/c17-9-10-5-6-15-8-11(10)16-14(19)4-3-12(18)13-2-1-7-20-13/h1-2,5-8,17H,3-4,9H2,(H,16,19). The van der Waals surface area contributed by atoms with Crippen molar-refractivity contribution in [2.24, 2.45) is 0 Å². The first-order chi connectivity index (χ1) is 9.70. The van der Waals surface area contributed by atoms with E-state index in [0.29, 0.717) is 16.1 Å². The molecule has 20 heavy (non-hydrogen) atoms. The lowest BCUT2D eigenvalue weighted by molar-refractivity contribution is -0.116. The molecule has 0 aliphatic rings. The van der Waals surface area contributed by atoms with Gasteiger partial charge in [-0.3, -0.25) is 14.6 Å². The maximum absolute atomic E-state index is 11.8. The highest BCUT2D eigenvalue weighted by Crippen LogP contribution is 2.15. The van der Waals surface area contributed by atoms with Crippen LogP contribution in [-0.4, -0.2) is 21.8 Å². The first kappa shape index (κ1) is 14.4. The van der Waals surface area contributed by atoms with Crippen molar-refractivity contribution in [1.29, 1.82) is 0 Å². The van der Waals surface area contributed by atoms with Gasteiger partial charge in [-0.2, -0.15) is 0 Å². The smallest absolute Gasteiger partial charge is 0.224 e.